The average molecular weight is 455 g/mol. The number of rotatable bonds is 4. The molecule has 4 saturated carbocycles. The van der Waals surface area contributed by atoms with Crippen LogP contribution in [0.25, 0.3) is 0 Å². The Morgan fingerprint density at radius 2 is 1.24 bits per heavy atom. The van der Waals surface area contributed by atoms with Crippen molar-refractivity contribution >= 4 is 11.9 Å². The van der Waals surface area contributed by atoms with Crippen LogP contribution >= 0.6 is 0 Å². The number of carbonyl (C=O) groups excluding carboxylic acids is 2. The standard InChI is InChI=1S/C28H38O5/c1-25(2)16-9-11-27(25,5)21(13-16)32-23(30)19-8-7-18(29)15-20(19)24(31)33-22-14-17-10-12-28(22,6)26(17,3)4/h7-8,15-17,21-22,29H,9-14H2,1-6H3. The SMILES string of the molecule is CC1(C)C2CCC1(C)C(OC(=O)c1ccc(O)cc1C(=O)OC1CC3CCC1(C)C3(C)C)C2. The number of esters is 2. The van der Waals surface area contributed by atoms with Crippen molar-refractivity contribution in [2.75, 3.05) is 0 Å². The Morgan fingerprint density at radius 1 is 0.788 bits per heavy atom. The zero-order chi connectivity index (χ0) is 24.0. The average Bonchev–Trinajstić information content (AvgIpc) is 3.25. The highest BCUT2D eigenvalue weighted by Crippen LogP contribution is 2.67. The van der Waals surface area contributed by atoms with Gasteiger partial charge in [0, 0.05) is 10.8 Å². The third-order valence-electron chi connectivity index (χ3n) is 11.4. The second-order valence-electron chi connectivity index (χ2n) is 12.7. The monoisotopic (exact) mass is 454 g/mol. The Labute approximate surface area is 197 Å². The first-order valence-electron chi connectivity index (χ1n) is 12.6. The van der Waals surface area contributed by atoms with E-state index in [-0.39, 0.29) is 50.7 Å². The first-order chi connectivity index (χ1) is 15.3. The fourth-order valence-corrected chi connectivity index (χ4v) is 7.88. The van der Waals surface area contributed by atoms with Gasteiger partial charge in [0.25, 0.3) is 0 Å². The van der Waals surface area contributed by atoms with Crippen molar-refractivity contribution in [2.24, 2.45) is 33.5 Å². The summed E-state index contributed by atoms with van der Waals surface area (Å²) in [5, 5.41) is 10.1. The third-order valence-corrected chi connectivity index (χ3v) is 11.4. The van der Waals surface area contributed by atoms with E-state index in [4.69, 9.17) is 9.47 Å². The Kier molecular flexibility index (Phi) is 4.82. The van der Waals surface area contributed by atoms with Gasteiger partial charge < -0.3 is 14.6 Å². The van der Waals surface area contributed by atoms with Gasteiger partial charge in [-0.15, -0.1) is 0 Å². The molecule has 0 aromatic heterocycles. The van der Waals surface area contributed by atoms with Gasteiger partial charge in [-0.1, -0.05) is 41.5 Å². The molecule has 0 spiro atoms. The molecule has 0 saturated heterocycles. The lowest BCUT2D eigenvalue weighted by Crippen LogP contribution is -2.39. The minimum absolute atomic E-state index is 0.0613. The second kappa shape index (κ2) is 6.99. The zero-order valence-corrected chi connectivity index (χ0v) is 20.9. The van der Waals surface area contributed by atoms with Gasteiger partial charge in [0.1, 0.15) is 18.0 Å². The second-order valence-corrected chi connectivity index (χ2v) is 12.7. The van der Waals surface area contributed by atoms with Gasteiger partial charge in [0.05, 0.1) is 11.1 Å². The normalized spacial score (nSPS) is 39.6. The lowest BCUT2D eigenvalue weighted by Gasteiger charge is -2.38. The van der Waals surface area contributed by atoms with E-state index >= 15 is 0 Å². The van der Waals surface area contributed by atoms with E-state index in [2.05, 4.69) is 41.5 Å². The molecule has 6 unspecified atom stereocenters. The summed E-state index contributed by atoms with van der Waals surface area (Å²) in [4.78, 5) is 26.6. The fraction of sp³-hybridized carbons (Fsp3) is 0.714. The van der Waals surface area contributed by atoms with Gasteiger partial charge in [-0.25, -0.2) is 9.59 Å². The number of phenols is 1. The summed E-state index contributed by atoms with van der Waals surface area (Å²) in [5.74, 6) is -0.0313. The summed E-state index contributed by atoms with van der Waals surface area (Å²) in [7, 11) is 0. The van der Waals surface area contributed by atoms with Crippen LogP contribution in [0.3, 0.4) is 0 Å². The van der Waals surface area contributed by atoms with Crippen molar-refractivity contribution in [1.29, 1.82) is 0 Å². The summed E-state index contributed by atoms with van der Waals surface area (Å²) in [5.41, 5.74) is 0.370. The van der Waals surface area contributed by atoms with E-state index in [0.29, 0.717) is 11.8 Å². The van der Waals surface area contributed by atoms with Crippen molar-refractivity contribution in [3.63, 3.8) is 0 Å². The predicted molar refractivity (Wildman–Crippen MR) is 125 cm³/mol. The maximum atomic E-state index is 13.3. The highest BCUT2D eigenvalue weighted by molar-refractivity contribution is 6.03. The predicted octanol–water partition coefficient (Wildman–Crippen LogP) is 6.14. The number of fused-ring (bicyclic) bond motifs is 4. The van der Waals surface area contributed by atoms with Gasteiger partial charge in [0.15, 0.2) is 0 Å². The van der Waals surface area contributed by atoms with E-state index < -0.39 is 11.9 Å². The van der Waals surface area contributed by atoms with E-state index in [1.165, 1.54) is 31.0 Å². The van der Waals surface area contributed by atoms with Crippen LogP contribution in [0, 0.1) is 33.5 Å². The maximum absolute atomic E-state index is 13.3. The van der Waals surface area contributed by atoms with Crippen LogP contribution in [0.1, 0.15) is 101 Å². The van der Waals surface area contributed by atoms with Crippen molar-refractivity contribution in [3.8, 4) is 5.75 Å². The Balaban J connectivity index is 1.37. The molecule has 0 radical (unpaired) electrons. The van der Waals surface area contributed by atoms with E-state index in [1.807, 2.05) is 0 Å². The smallest absolute Gasteiger partial charge is 0.339 e. The van der Waals surface area contributed by atoms with Crippen LogP contribution in [0.2, 0.25) is 0 Å². The fourth-order valence-electron chi connectivity index (χ4n) is 7.88. The van der Waals surface area contributed by atoms with E-state index in [0.717, 1.165) is 25.7 Å². The van der Waals surface area contributed by atoms with Gasteiger partial charge in [0.2, 0.25) is 0 Å². The van der Waals surface area contributed by atoms with Crippen LogP contribution in [-0.4, -0.2) is 29.3 Å². The summed E-state index contributed by atoms with van der Waals surface area (Å²) in [6, 6.07) is 4.26. The summed E-state index contributed by atoms with van der Waals surface area (Å²) >= 11 is 0. The number of hydrogen-bond acceptors (Lipinski definition) is 5. The molecule has 1 aromatic rings. The highest BCUT2D eigenvalue weighted by Gasteiger charge is 2.64. The number of carbonyl (C=O) groups is 2. The van der Waals surface area contributed by atoms with Gasteiger partial charge in [-0.3, -0.25) is 0 Å². The number of benzene rings is 1. The minimum Gasteiger partial charge on any atom is -0.508 e. The molecule has 4 aliphatic carbocycles. The Bertz CT molecular complexity index is 1010. The van der Waals surface area contributed by atoms with Gasteiger partial charge in [-0.05, 0) is 79.4 Å². The van der Waals surface area contributed by atoms with Crippen molar-refractivity contribution in [3.05, 3.63) is 29.3 Å². The number of aromatic hydroxyl groups is 1. The van der Waals surface area contributed by atoms with Crippen LogP contribution in [0.15, 0.2) is 18.2 Å². The minimum atomic E-state index is -0.549. The Morgan fingerprint density at radius 3 is 1.64 bits per heavy atom. The lowest BCUT2D eigenvalue weighted by atomic mass is 9.70. The zero-order valence-electron chi connectivity index (χ0n) is 20.9. The third kappa shape index (κ3) is 2.96. The number of hydrogen-bond donors (Lipinski definition) is 1. The lowest BCUT2D eigenvalue weighted by molar-refractivity contribution is -0.0275. The summed E-state index contributed by atoms with van der Waals surface area (Å²) in [6.07, 6.45) is 5.79. The molecule has 1 N–H and O–H groups in total. The molecule has 5 rings (SSSR count). The van der Waals surface area contributed by atoms with E-state index in [9.17, 15) is 14.7 Å². The molecular formula is C28H38O5. The van der Waals surface area contributed by atoms with Crippen LogP contribution in [0.4, 0.5) is 0 Å². The molecule has 6 atom stereocenters. The first-order valence-corrected chi connectivity index (χ1v) is 12.6. The van der Waals surface area contributed by atoms with Crippen LogP contribution in [-0.2, 0) is 9.47 Å². The molecule has 1 aromatic carbocycles. The topological polar surface area (TPSA) is 72.8 Å². The van der Waals surface area contributed by atoms with Crippen LogP contribution < -0.4 is 0 Å². The molecular weight excluding hydrogens is 416 g/mol. The number of phenolic OH excluding ortho intramolecular Hbond substituents is 1. The molecule has 5 nitrogen and oxygen atoms in total. The van der Waals surface area contributed by atoms with Crippen molar-refractivity contribution in [2.45, 2.75) is 92.3 Å². The summed E-state index contributed by atoms with van der Waals surface area (Å²) < 4.78 is 12.1. The van der Waals surface area contributed by atoms with Gasteiger partial charge in [-0.2, -0.15) is 0 Å². The summed E-state index contributed by atoms with van der Waals surface area (Å²) in [6.45, 7) is 13.5. The molecule has 0 amide bonds. The first kappa shape index (κ1) is 22.7. The quantitative estimate of drug-likeness (QED) is 0.554. The Hall–Kier alpha value is -2.04. The van der Waals surface area contributed by atoms with Crippen molar-refractivity contribution < 1.29 is 24.2 Å². The van der Waals surface area contributed by atoms with Crippen molar-refractivity contribution in [1.82, 2.24) is 0 Å². The largest absolute Gasteiger partial charge is 0.508 e. The van der Waals surface area contributed by atoms with Crippen LogP contribution in [0.5, 0.6) is 5.75 Å². The molecule has 5 heteroatoms. The molecule has 4 bridgehead atoms. The van der Waals surface area contributed by atoms with E-state index in [1.54, 1.807) is 0 Å². The molecule has 0 heterocycles. The molecule has 180 valence electrons. The highest BCUT2D eigenvalue weighted by atomic mass is 16.6. The number of ether oxygens (including phenoxy) is 2. The molecule has 0 aliphatic heterocycles. The maximum Gasteiger partial charge on any atom is 0.339 e. The molecule has 4 fully saturated rings. The van der Waals surface area contributed by atoms with Gasteiger partial charge >= 0.3 is 11.9 Å². The molecule has 33 heavy (non-hydrogen) atoms. The molecule has 4 aliphatic rings.